The minimum absolute atomic E-state index is 0.00190. The summed E-state index contributed by atoms with van der Waals surface area (Å²) in [7, 11) is 1.63. The molecule has 0 fully saturated rings. The fraction of sp³-hybridized carbons (Fsp3) is 0.909. The van der Waals surface area contributed by atoms with Gasteiger partial charge in [0.05, 0.1) is 12.6 Å². The van der Waals surface area contributed by atoms with Crippen molar-refractivity contribution < 1.29 is 9.53 Å². The zero-order valence-electron chi connectivity index (χ0n) is 10.5. The van der Waals surface area contributed by atoms with Crippen LogP contribution in [-0.2, 0) is 9.53 Å². The van der Waals surface area contributed by atoms with Gasteiger partial charge in [0.2, 0.25) is 5.91 Å². The van der Waals surface area contributed by atoms with Crippen molar-refractivity contribution in [1.29, 1.82) is 0 Å². The van der Waals surface area contributed by atoms with E-state index in [1.54, 1.807) is 12.0 Å². The van der Waals surface area contributed by atoms with Gasteiger partial charge in [0.25, 0.3) is 0 Å². The van der Waals surface area contributed by atoms with Crippen LogP contribution in [0.1, 0.15) is 27.7 Å². The first-order valence-corrected chi connectivity index (χ1v) is 5.37. The number of nitrogens with zero attached hydrogens (tertiary/aromatic N) is 1. The number of carbonyl (C=O) groups excluding carboxylic acids is 1. The quantitative estimate of drug-likeness (QED) is 0.741. The van der Waals surface area contributed by atoms with E-state index in [0.29, 0.717) is 19.7 Å². The highest BCUT2D eigenvalue weighted by Gasteiger charge is 2.30. The predicted molar refractivity (Wildman–Crippen MR) is 61.6 cm³/mol. The minimum atomic E-state index is -0.450. The van der Waals surface area contributed by atoms with E-state index in [0.717, 1.165) is 0 Å². The van der Waals surface area contributed by atoms with Crippen LogP contribution in [-0.4, -0.2) is 43.7 Å². The standard InChI is InChI=1S/C11H24N2O2/c1-6-13(7-8-15-5)10(14)9(12)11(2,3)4/h9H,6-8,12H2,1-5H3/t9-/m0/s1. The van der Waals surface area contributed by atoms with Crippen LogP contribution in [0, 0.1) is 5.41 Å². The second-order valence-corrected chi connectivity index (χ2v) is 4.75. The Labute approximate surface area is 92.8 Å². The molecule has 4 nitrogen and oxygen atoms in total. The van der Waals surface area contributed by atoms with Gasteiger partial charge < -0.3 is 15.4 Å². The van der Waals surface area contributed by atoms with Gasteiger partial charge in [-0.05, 0) is 12.3 Å². The molecule has 0 aromatic heterocycles. The number of likely N-dealkylation sites (N-methyl/N-ethyl adjacent to an activating group) is 1. The molecule has 0 rings (SSSR count). The lowest BCUT2D eigenvalue weighted by atomic mass is 9.86. The van der Waals surface area contributed by atoms with Crippen LogP contribution >= 0.6 is 0 Å². The second-order valence-electron chi connectivity index (χ2n) is 4.75. The van der Waals surface area contributed by atoms with E-state index in [1.807, 2.05) is 27.7 Å². The monoisotopic (exact) mass is 216 g/mol. The molecule has 0 aliphatic carbocycles. The van der Waals surface area contributed by atoms with Crippen LogP contribution in [0.25, 0.3) is 0 Å². The summed E-state index contributed by atoms with van der Waals surface area (Å²) in [4.78, 5) is 13.7. The Kier molecular flexibility index (Phi) is 5.83. The van der Waals surface area contributed by atoms with E-state index in [9.17, 15) is 4.79 Å². The number of carbonyl (C=O) groups is 1. The number of hydrogen-bond acceptors (Lipinski definition) is 3. The van der Waals surface area contributed by atoms with E-state index < -0.39 is 6.04 Å². The normalized spacial score (nSPS) is 13.7. The third-order valence-electron chi connectivity index (χ3n) is 2.46. The summed E-state index contributed by atoms with van der Waals surface area (Å²) in [5, 5.41) is 0. The van der Waals surface area contributed by atoms with E-state index >= 15 is 0 Å². The molecule has 0 radical (unpaired) electrons. The van der Waals surface area contributed by atoms with Gasteiger partial charge in [-0.3, -0.25) is 4.79 Å². The van der Waals surface area contributed by atoms with Crippen LogP contribution in [0.5, 0.6) is 0 Å². The molecule has 0 bridgehead atoms. The number of methoxy groups -OCH3 is 1. The largest absolute Gasteiger partial charge is 0.383 e. The number of nitrogens with two attached hydrogens (primary N) is 1. The van der Waals surface area contributed by atoms with Gasteiger partial charge in [0, 0.05) is 20.2 Å². The van der Waals surface area contributed by atoms with Crippen molar-refractivity contribution in [2.24, 2.45) is 11.1 Å². The molecular weight excluding hydrogens is 192 g/mol. The van der Waals surface area contributed by atoms with Crippen molar-refractivity contribution in [3.8, 4) is 0 Å². The van der Waals surface area contributed by atoms with Crippen molar-refractivity contribution in [1.82, 2.24) is 4.90 Å². The summed E-state index contributed by atoms with van der Waals surface area (Å²) in [6.07, 6.45) is 0. The summed E-state index contributed by atoms with van der Waals surface area (Å²) < 4.78 is 4.95. The van der Waals surface area contributed by atoms with E-state index in [4.69, 9.17) is 10.5 Å². The minimum Gasteiger partial charge on any atom is -0.383 e. The van der Waals surface area contributed by atoms with Crippen LogP contribution in [0.4, 0.5) is 0 Å². The molecule has 0 aromatic carbocycles. The molecule has 0 saturated carbocycles. The zero-order chi connectivity index (χ0) is 12.1. The summed E-state index contributed by atoms with van der Waals surface area (Å²) >= 11 is 0. The van der Waals surface area contributed by atoms with E-state index in [-0.39, 0.29) is 11.3 Å². The molecule has 0 unspecified atom stereocenters. The third kappa shape index (κ3) is 4.62. The Morgan fingerprint density at radius 1 is 1.47 bits per heavy atom. The second kappa shape index (κ2) is 6.08. The maximum absolute atomic E-state index is 12.0. The average molecular weight is 216 g/mol. The number of rotatable bonds is 5. The Morgan fingerprint density at radius 2 is 2.00 bits per heavy atom. The Bertz CT molecular complexity index is 199. The molecule has 4 heteroatoms. The first-order chi connectivity index (χ1) is 6.84. The molecule has 1 amide bonds. The third-order valence-corrected chi connectivity index (χ3v) is 2.46. The van der Waals surface area contributed by atoms with Crippen LogP contribution < -0.4 is 5.73 Å². The van der Waals surface area contributed by atoms with Gasteiger partial charge >= 0.3 is 0 Å². The fourth-order valence-corrected chi connectivity index (χ4v) is 1.19. The van der Waals surface area contributed by atoms with Crippen molar-refractivity contribution >= 4 is 5.91 Å². The topological polar surface area (TPSA) is 55.6 Å². The SMILES string of the molecule is CCN(CCOC)C(=O)[C@H](N)C(C)(C)C. The predicted octanol–water partition coefficient (Wildman–Crippen LogP) is 0.855. The zero-order valence-corrected chi connectivity index (χ0v) is 10.5. The number of amides is 1. The Balaban J connectivity index is 4.38. The highest BCUT2D eigenvalue weighted by Crippen LogP contribution is 2.18. The van der Waals surface area contributed by atoms with Crippen LogP contribution in [0.3, 0.4) is 0 Å². The van der Waals surface area contributed by atoms with E-state index in [2.05, 4.69) is 0 Å². The lowest BCUT2D eigenvalue weighted by Crippen LogP contribution is -2.51. The molecule has 0 spiro atoms. The lowest BCUT2D eigenvalue weighted by molar-refractivity contribution is -0.135. The van der Waals surface area contributed by atoms with Gasteiger partial charge in [-0.2, -0.15) is 0 Å². The molecular formula is C11H24N2O2. The van der Waals surface area contributed by atoms with Crippen LogP contribution in [0.2, 0.25) is 0 Å². The molecule has 15 heavy (non-hydrogen) atoms. The number of ether oxygens (including phenoxy) is 1. The summed E-state index contributed by atoms with van der Waals surface area (Å²) in [5.74, 6) is 0.00190. The van der Waals surface area contributed by atoms with Gasteiger partial charge in [0.15, 0.2) is 0 Å². The maximum Gasteiger partial charge on any atom is 0.240 e. The summed E-state index contributed by atoms with van der Waals surface area (Å²) in [5.41, 5.74) is 5.71. The highest BCUT2D eigenvalue weighted by molar-refractivity contribution is 5.82. The summed E-state index contributed by atoms with van der Waals surface area (Å²) in [6, 6.07) is -0.450. The molecule has 0 heterocycles. The van der Waals surface area contributed by atoms with Crippen molar-refractivity contribution in [3.63, 3.8) is 0 Å². The van der Waals surface area contributed by atoms with Gasteiger partial charge in [-0.25, -0.2) is 0 Å². The lowest BCUT2D eigenvalue weighted by Gasteiger charge is -2.31. The fourth-order valence-electron chi connectivity index (χ4n) is 1.19. The summed E-state index contributed by atoms with van der Waals surface area (Å²) in [6.45, 7) is 9.69. The smallest absolute Gasteiger partial charge is 0.240 e. The average Bonchev–Trinajstić information content (AvgIpc) is 2.16. The number of hydrogen-bond donors (Lipinski definition) is 1. The molecule has 1 atom stereocenters. The van der Waals surface area contributed by atoms with Gasteiger partial charge in [-0.1, -0.05) is 20.8 Å². The van der Waals surface area contributed by atoms with Crippen molar-refractivity contribution in [3.05, 3.63) is 0 Å². The molecule has 0 aromatic rings. The van der Waals surface area contributed by atoms with Crippen LogP contribution in [0.15, 0.2) is 0 Å². The van der Waals surface area contributed by atoms with Gasteiger partial charge in [-0.15, -0.1) is 0 Å². The molecule has 90 valence electrons. The molecule has 0 aliphatic heterocycles. The highest BCUT2D eigenvalue weighted by atomic mass is 16.5. The van der Waals surface area contributed by atoms with E-state index in [1.165, 1.54) is 0 Å². The molecule has 0 saturated heterocycles. The first kappa shape index (κ1) is 14.4. The molecule has 2 N–H and O–H groups in total. The maximum atomic E-state index is 12.0. The van der Waals surface area contributed by atoms with Gasteiger partial charge in [0.1, 0.15) is 0 Å². The Hall–Kier alpha value is -0.610. The van der Waals surface area contributed by atoms with Crippen molar-refractivity contribution in [2.75, 3.05) is 26.8 Å². The van der Waals surface area contributed by atoms with Crippen molar-refractivity contribution in [2.45, 2.75) is 33.7 Å². The Morgan fingerprint density at radius 3 is 2.33 bits per heavy atom. The molecule has 0 aliphatic rings. The first-order valence-electron chi connectivity index (χ1n) is 5.37.